The molecule has 26 heavy (non-hydrogen) atoms. The minimum absolute atomic E-state index is 0.0401. The van der Waals surface area contributed by atoms with Crippen LogP contribution in [0.15, 0.2) is 40.9 Å². The summed E-state index contributed by atoms with van der Waals surface area (Å²) in [6, 6.07) is 9.69. The fourth-order valence-electron chi connectivity index (χ4n) is 2.56. The third kappa shape index (κ3) is 6.33. The Labute approximate surface area is 158 Å². The van der Waals surface area contributed by atoms with Crippen LogP contribution in [0.5, 0.6) is 0 Å². The molecule has 0 heterocycles. The Morgan fingerprint density at radius 1 is 1.12 bits per heavy atom. The summed E-state index contributed by atoms with van der Waals surface area (Å²) in [5.41, 5.74) is 0.652. The second-order valence-electron chi connectivity index (χ2n) is 7.12. The van der Waals surface area contributed by atoms with Crippen molar-refractivity contribution in [3.05, 3.63) is 46.5 Å². The standard InChI is InChI=1S/C20H25NO4S/c1-20(2,3)25-17(24)13-26-19(18-15(22)10-7-11-16(18)23)21-12-14-8-5-4-6-9-14/h4-6,8-9,21H,7,10-13H2,1-3H3. The van der Waals surface area contributed by atoms with Crippen LogP contribution in [0.4, 0.5) is 0 Å². The van der Waals surface area contributed by atoms with Crippen LogP contribution in [0.25, 0.3) is 0 Å². The smallest absolute Gasteiger partial charge is 0.316 e. The molecule has 0 bridgehead atoms. The molecule has 0 spiro atoms. The number of carbonyl (C=O) groups excluding carboxylic acids is 3. The van der Waals surface area contributed by atoms with E-state index in [4.69, 9.17) is 4.74 Å². The Morgan fingerprint density at radius 3 is 2.31 bits per heavy atom. The van der Waals surface area contributed by atoms with Gasteiger partial charge in [-0.05, 0) is 32.8 Å². The van der Waals surface area contributed by atoms with Crippen LogP contribution >= 0.6 is 11.8 Å². The molecule has 0 aromatic heterocycles. The van der Waals surface area contributed by atoms with E-state index in [9.17, 15) is 14.4 Å². The van der Waals surface area contributed by atoms with Crippen molar-refractivity contribution in [1.82, 2.24) is 5.32 Å². The fourth-order valence-corrected chi connectivity index (χ4v) is 3.43. The average Bonchev–Trinajstić information content (AvgIpc) is 2.56. The van der Waals surface area contributed by atoms with Gasteiger partial charge in [-0.15, -0.1) is 0 Å². The Kier molecular flexibility index (Phi) is 7.03. The highest BCUT2D eigenvalue weighted by Gasteiger charge is 2.28. The Hall–Kier alpha value is -2.08. The van der Waals surface area contributed by atoms with Gasteiger partial charge in [0, 0.05) is 19.4 Å². The number of carbonyl (C=O) groups is 3. The molecule has 0 saturated heterocycles. The summed E-state index contributed by atoms with van der Waals surface area (Å²) in [6.45, 7) is 5.88. The molecule has 5 nitrogen and oxygen atoms in total. The molecule has 0 unspecified atom stereocenters. The molecule has 1 aromatic carbocycles. The molecule has 0 aliphatic heterocycles. The number of esters is 1. The zero-order chi connectivity index (χ0) is 19.2. The van der Waals surface area contributed by atoms with E-state index in [0.29, 0.717) is 30.8 Å². The third-order valence-electron chi connectivity index (χ3n) is 3.64. The van der Waals surface area contributed by atoms with Crippen molar-refractivity contribution in [3.63, 3.8) is 0 Å². The minimum Gasteiger partial charge on any atom is -0.459 e. The van der Waals surface area contributed by atoms with Gasteiger partial charge in [-0.1, -0.05) is 42.1 Å². The molecule has 0 amide bonds. The van der Waals surface area contributed by atoms with Crippen molar-refractivity contribution in [2.75, 3.05) is 5.75 Å². The number of thioether (sulfide) groups is 1. The summed E-state index contributed by atoms with van der Waals surface area (Å²) in [7, 11) is 0. The Bertz CT molecular complexity index is 686. The average molecular weight is 375 g/mol. The van der Waals surface area contributed by atoms with E-state index in [2.05, 4.69) is 5.32 Å². The molecule has 1 N–H and O–H groups in total. The molecule has 1 aliphatic carbocycles. The van der Waals surface area contributed by atoms with E-state index >= 15 is 0 Å². The maximum atomic E-state index is 12.3. The molecule has 1 saturated carbocycles. The van der Waals surface area contributed by atoms with Crippen molar-refractivity contribution >= 4 is 29.3 Å². The number of nitrogens with one attached hydrogen (secondary N) is 1. The van der Waals surface area contributed by atoms with Crippen LogP contribution in [0.1, 0.15) is 45.6 Å². The highest BCUT2D eigenvalue weighted by atomic mass is 32.2. The van der Waals surface area contributed by atoms with Crippen LogP contribution in [0.2, 0.25) is 0 Å². The van der Waals surface area contributed by atoms with Crippen molar-refractivity contribution in [1.29, 1.82) is 0 Å². The molecule has 6 heteroatoms. The minimum atomic E-state index is -0.571. The zero-order valence-electron chi connectivity index (χ0n) is 15.5. The topological polar surface area (TPSA) is 72.5 Å². The lowest BCUT2D eigenvalue weighted by molar-refractivity contribution is -0.151. The molecule has 2 rings (SSSR count). The van der Waals surface area contributed by atoms with Crippen LogP contribution in [0, 0.1) is 0 Å². The second-order valence-corrected chi connectivity index (χ2v) is 8.10. The van der Waals surface area contributed by atoms with Gasteiger partial charge in [0.05, 0.1) is 16.4 Å². The lowest BCUT2D eigenvalue weighted by Gasteiger charge is -2.21. The number of benzene rings is 1. The van der Waals surface area contributed by atoms with E-state index in [1.165, 1.54) is 0 Å². The summed E-state index contributed by atoms with van der Waals surface area (Å²) in [5, 5.41) is 3.64. The first kappa shape index (κ1) is 20.2. The van der Waals surface area contributed by atoms with Crippen molar-refractivity contribution in [2.24, 2.45) is 0 Å². The SMILES string of the molecule is CC(C)(C)OC(=O)CSC(NCc1ccccc1)=C1C(=O)CCCC1=O. The van der Waals surface area contributed by atoms with Crippen molar-refractivity contribution < 1.29 is 19.1 Å². The number of hydrogen-bond donors (Lipinski definition) is 1. The van der Waals surface area contributed by atoms with E-state index < -0.39 is 5.60 Å². The highest BCUT2D eigenvalue weighted by Crippen LogP contribution is 2.26. The second kappa shape index (κ2) is 9.03. The predicted molar refractivity (Wildman–Crippen MR) is 102 cm³/mol. The number of rotatable bonds is 6. The number of hydrogen-bond acceptors (Lipinski definition) is 6. The molecule has 0 radical (unpaired) electrons. The quantitative estimate of drug-likeness (QED) is 0.467. The van der Waals surface area contributed by atoms with Crippen LogP contribution < -0.4 is 5.32 Å². The highest BCUT2D eigenvalue weighted by molar-refractivity contribution is 8.03. The molecule has 0 atom stereocenters. The zero-order valence-corrected chi connectivity index (χ0v) is 16.3. The predicted octanol–water partition coefficient (Wildman–Crippen LogP) is 3.38. The summed E-state index contributed by atoms with van der Waals surface area (Å²) in [6.07, 6.45) is 1.32. The fraction of sp³-hybridized carbons (Fsp3) is 0.450. The molecule has 140 valence electrons. The lowest BCUT2D eigenvalue weighted by Crippen LogP contribution is -2.27. The maximum Gasteiger partial charge on any atom is 0.316 e. The first-order valence-corrected chi connectivity index (χ1v) is 9.68. The molecular weight excluding hydrogens is 350 g/mol. The lowest BCUT2D eigenvalue weighted by atomic mass is 9.93. The van der Waals surface area contributed by atoms with Crippen LogP contribution in [0.3, 0.4) is 0 Å². The van der Waals surface area contributed by atoms with Crippen molar-refractivity contribution in [2.45, 2.75) is 52.2 Å². The first-order chi connectivity index (χ1) is 12.3. The van der Waals surface area contributed by atoms with Gasteiger partial charge >= 0.3 is 5.97 Å². The van der Waals surface area contributed by atoms with Crippen molar-refractivity contribution in [3.8, 4) is 0 Å². The number of Topliss-reactive ketones (excluding diaryl/α,β-unsaturated/α-hetero) is 2. The third-order valence-corrected chi connectivity index (χ3v) is 4.66. The van der Waals surface area contributed by atoms with E-state index in [1.807, 2.05) is 30.3 Å². The summed E-state index contributed by atoms with van der Waals surface area (Å²) < 4.78 is 5.31. The molecule has 1 aromatic rings. The van der Waals surface area contributed by atoms with Gasteiger partial charge in [0.25, 0.3) is 0 Å². The summed E-state index contributed by atoms with van der Waals surface area (Å²) in [5.74, 6) is -0.654. The van der Waals surface area contributed by atoms with Gasteiger partial charge < -0.3 is 10.1 Å². The van der Waals surface area contributed by atoms with E-state index in [-0.39, 0.29) is 28.9 Å². The number of allylic oxidation sites excluding steroid dienone is 1. The van der Waals surface area contributed by atoms with E-state index in [1.54, 1.807) is 20.8 Å². The van der Waals surface area contributed by atoms with Gasteiger partial charge in [-0.3, -0.25) is 14.4 Å². The molecule has 1 aliphatic rings. The largest absolute Gasteiger partial charge is 0.459 e. The summed E-state index contributed by atoms with van der Waals surface area (Å²) in [4.78, 5) is 36.6. The van der Waals surface area contributed by atoms with E-state index in [0.717, 1.165) is 17.3 Å². The van der Waals surface area contributed by atoms with Gasteiger partial charge in [0.15, 0.2) is 11.6 Å². The monoisotopic (exact) mass is 375 g/mol. The number of ether oxygens (including phenoxy) is 1. The van der Waals surface area contributed by atoms with Gasteiger partial charge in [0.2, 0.25) is 0 Å². The molecular formula is C20H25NO4S. The van der Waals surface area contributed by atoms with Gasteiger partial charge in [-0.2, -0.15) is 0 Å². The summed E-state index contributed by atoms with van der Waals surface area (Å²) >= 11 is 1.16. The van der Waals surface area contributed by atoms with Crippen LogP contribution in [-0.4, -0.2) is 28.9 Å². The first-order valence-electron chi connectivity index (χ1n) is 8.69. The van der Waals surface area contributed by atoms with Crippen LogP contribution in [-0.2, 0) is 25.7 Å². The van der Waals surface area contributed by atoms with Gasteiger partial charge in [0.1, 0.15) is 5.60 Å². The van der Waals surface area contributed by atoms with Gasteiger partial charge in [-0.25, -0.2) is 0 Å². The molecule has 1 fully saturated rings. The Balaban J connectivity index is 2.14. The maximum absolute atomic E-state index is 12.3. The number of ketones is 2. The Morgan fingerprint density at radius 2 is 1.73 bits per heavy atom. The normalized spacial score (nSPS) is 15.0.